The van der Waals surface area contributed by atoms with Crippen LogP contribution in [0, 0.1) is 26.7 Å². The standard InChI is InChI=1S/C4H9.C3H7.CH3.15V/c1-4(2)3;1-3-2;;;;;;;;;;;;;;;;/h4H,1H2,2-3H3;3H,1-2H3;1H3;;;;;;;;;;;;;;;/q3*-1;;;;;;;;;;;;;;;+2. The molecule has 0 aliphatic heterocycles. The third kappa shape index (κ3) is 331. The molecule has 0 aromatic heterocycles. The Labute approximate surface area is 325 Å². The molecule has 0 amide bonds. The maximum absolute atomic E-state index is 3.64. The van der Waals surface area contributed by atoms with E-state index < -0.39 is 0 Å². The fraction of sp³-hybridized carbons (Fsp3) is 0.625. The van der Waals surface area contributed by atoms with E-state index in [2.05, 4.69) is 20.8 Å². The maximum atomic E-state index is 3.64. The molecular formula is C8H19V15-. The molecule has 0 aliphatic rings. The van der Waals surface area contributed by atoms with Gasteiger partial charge in [-0.25, -0.2) is 0 Å². The molecule has 0 unspecified atom stereocenters. The van der Waals surface area contributed by atoms with Crippen molar-refractivity contribution >= 4 is 0 Å². The van der Waals surface area contributed by atoms with Crippen LogP contribution in [0.3, 0.4) is 0 Å². The van der Waals surface area contributed by atoms with Gasteiger partial charge in [-0.15, -0.1) is 0 Å². The molecule has 0 rings (SSSR count). The first-order valence-corrected chi connectivity index (χ1v) is 2.72. The monoisotopic (exact) mass is 879 g/mol. The summed E-state index contributed by atoms with van der Waals surface area (Å²) < 4.78 is 0. The van der Waals surface area contributed by atoms with E-state index in [1.165, 1.54) is 0 Å². The molecule has 0 bridgehead atoms. The zero-order valence-corrected chi connectivity index (χ0v) is 34.5. The Morgan fingerprint density at radius 3 is 0.522 bits per heavy atom. The van der Waals surface area contributed by atoms with Crippen LogP contribution >= 0.6 is 0 Å². The van der Waals surface area contributed by atoms with Crippen LogP contribution in [0.15, 0.2) is 0 Å². The van der Waals surface area contributed by atoms with Crippen molar-refractivity contribution in [1.82, 2.24) is 0 Å². The van der Waals surface area contributed by atoms with Crippen LogP contribution in [0.5, 0.6) is 0 Å². The van der Waals surface area contributed by atoms with Gasteiger partial charge in [0, 0.05) is 260 Å². The molecule has 0 nitrogen and oxygen atoms in total. The zero-order chi connectivity index (χ0) is 6.28. The number of hydrogen-bond donors (Lipinski definition) is 0. The molecule has 0 fully saturated rings. The Kier molecular flexibility index (Phi) is 1150. The first-order valence-electron chi connectivity index (χ1n) is 2.72. The van der Waals surface area contributed by atoms with Crippen LogP contribution < -0.4 is 0 Å². The number of rotatable bonds is 0. The molecule has 0 spiro atoms. The van der Waals surface area contributed by atoms with Gasteiger partial charge in [-0.2, -0.15) is 19.8 Å². The fourth-order valence-electron chi connectivity index (χ4n) is 0. The first-order chi connectivity index (χ1) is 3.15. The van der Waals surface area contributed by atoms with E-state index in [-0.39, 0.29) is 286 Å². The summed E-state index contributed by atoms with van der Waals surface area (Å²) in [6.45, 7) is 11.8. The van der Waals surface area contributed by atoms with Crippen molar-refractivity contribution in [2.24, 2.45) is 5.92 Å². The summed E-state index contributed by atoms with van der Waals surface area (Å²) in [4.78, 5) is 0. The second kappa shape index (κ2) is 167. The molecule has 23 heavy (non-hydrogen) atoms. The van der Waals surface area contributed by atoms with E-state index >= 15 is 0 Å². The molecule has 0 aromatic rings. The molecule has 0 aliphatic carbocycles. The van der Waals surface area contributed by atoms with Crippen molar-refractivity contribution in [3.05, 3.63) is 20.8 Å². The molecule has 127 valence electrons. The number of hydrogen-bond acceptors (Lipinski definition) is 0. The Morgan fingerprint density at radius 1 is 0.522 bits per heavy atom. The Bertz CT molecular complexity index is 32.7. The topological polar surface area (TPSA) is 0 Å². The molecule has 0 heterocycles. The third-order valence-electron chi connectivity index (χ3n) is 0. The van der Waals surface area contributed by atoms with Crippen LogP contribution in [0.1, 0.15) is 27.7 Å². The van der Waals surface area contributed by atoms with Gasteiger partial charge in [-0.1, -0.05) is 13.8 Å². The Morgan fingerprint density at radius 2 is 0.522 bits per heavy atom. The molecule has 15 radical (unpaired) electrons. The predicted octanol–water partition coefficient (Wildman–Crippen LogP) is 3.12. The predicted molar refractivity (Wildman–Crippen MR) is 42.3 cm³/mol. The van der Waals surface area contributed by atoms with Gasteiger partial charge in [0.2, 0.25) is 0 Å². The van der Waals surface area contributed by atoms with Crippen LogP contribution in [-0.4, -0.2) is 0 Å². The summed E-state index contributed by atoms with van der Waals surface area (Å²) in [5, 5.41) is 0. The van der Waals surface area contributed by atoms with E-state index in [0.29, 0.717) is 5.92 Å². The van der Waals surface area contributed by atoms with E-state index in [0.717, 1.165) is 0 Å². The Hall–Kier alpha value is 8.77. The normalized spacial score (nSPS) is 2.35. The van der Waals surface area contributed by atoms with Gasteiger partial charge in [0.1, 0.15) is 0 Å². The van der Waals surface area contributed by atoms with E-state index in [9.17, 15) is 0 Å². The molecular weight excluding hydrogens is 860 g/mol. The largest absolute Gasteiger partial charge is 2.00 e. The van der Waals surface area contributed by atoms with Crippen molar-refractivity contribution < 1.29 is 278 Å². The van der Waals surface area contributed by atoms with Gasteiger partial charge >= 0.3 is 18.6 Å². The minimum absolute atomic E-state index is 0. The first kappa shape index (κ1) is 159. The SMILES string of the molecule is C[CH-]C.[CH2-]C(C)C.[CH3-].[V+2].[V].[V].[V].[V].[V].[V].[V].[V].[V].[V].[V].[V].[V].[V]. The van der Waals surface area contributed by atoms with Gasteiger partial charge in [-0.3, -0.25) is 0 Å². The van der Waals surface area contributed by atoms with Gasteiger partial charge < -0.3 is 20.8 Å². The zero-order valence-electron chi connectivity index (χ0n) is 13.6. The van der Waals surface area contributed by atoms with Crippen molar-refractivity contribution in [3.8, 4) is 0 Å². The maximum Gasteiger partial charge on any atom is 2.00 e. The van der Waals surface area contributed by atoms with Gasteiger partial charge in [-0.05, 0) is 0 Å². The molecule has 0 atom stereocenters. The smallest absolute Gasteiger partial charge is 0.358 e. The molecule has 0 saturated carbocycles. The summed E-state index contributed by atoms with van der Waals surface area (Å²) in [7, 11) is 0. The average molecular weight is 879 g/mol. The van der Waals surface area contributed by atoms with Crippen molar-refractivity contribution in [2.75, 3.05) is 0 Å². The van der Waals surface area contributed by atoms with Gasteiger partial charge in [0.25, 0.3) is 0 Å². The molecule has 0 aromatic carbocycles. The molecule has 0 saturated heterocycles. The second-order valence-electron chi connectivity index (χ2n) is 1.97. The van der Waals surface area contributed by atoms with Crippen LogP contribution in [0.2, 0.25) is 0 Å². The minimum Gasteiger partial charge on any atom is -0.358 e. The summed E-state index contributed by atoms with van der Waals surface area (Å²) in [6.07, 6.45) is 2.00. The fourth-order valence-corrected chi connectivity index (χ4v) is 0. The summed E-state index contributed by atoms with van der Waals surface area (Å²) in [6, 6.07) is 0. The Balaban J connectivity index is -0.000000000806. The van der Waals surface area contributed by atoms with Crippen molar-refractivity contribution in [3.63, 3.8) is 0 Å². The van der Waals surface area contributed by atoms with Crippen LogP contribution in [0.25, 0.3) is 0 Å². The van der Waals surface area contributed by atoms with Crippen LogP contribution in [0.4, 0.5) is 0 Å². The molecule has 15 heteroatoms. The summed E-state index contributed by atoms with van der Waals surface area (Å²) >= 11 is 0. The molecule has 0 N–H and O–H groups in total. The van der Waals surface area contributed by atoms with Gasteiger partial charge in [0.05, 0.1) is 0 Å². The van der Waals surface area contributed by atoms with Crippen molar-refractivity contribution in [1.29, 1.82) is 0 Å². The third-order valence-corrected chi connectivity index (χ3v) is 0. The van der Waals surface area contributed by atoms with E-state index in [1.807, 2.05) is 20.3 Å². The van der Waals surface area contributed by atoms with Crippen molar-refractivity contribution in [2.45, 2.75) is 27.7 Å². The minimum atomic E-state index is 0. The van der Waals surface area contributed by atoms with Gasteiger partial charge in [0.15, 0.2) is 0 Å². The second-order valence-corrected chi connectivity index (χ2v) is 1.97. The average Bonchev–Trinajstić information content (AvgIpc) is 1.33. The summed E-state index contributed by atoms with van der Waals surface area (Å²) in [5.41, 5.74) is 0. The quantitative estimate of drug-likeness (QED) is 0.329. The van der Waals surface area contributed by atoms with Crippen LogP contribution in [-0.2, 0) is 278 Å². The summed E-state index contributed by atoms with van der Waals surface area (Å²) in [5.74, 6) is 0.583. The van der Waals surface area contributed by atoms with E-state index in [1.54, 1.807) is 0 Å². The van der Waals surface area contributed by atoms with E-state index in [4.69, 9.17) is 0 Å².